The molecule has 1 aliphatic rings. The van der Waals surface area contributed by atoms with Crippen molar-refractivity contribution in [2.24, 2.45) is 5.92 Å². The molecule has 0 aliphatic carbocycles. The number of nitrogens with zero attached hydrogens (tertiary/aromatic N) is 1. The van der Waals surface area contributed by atoms with E-state index in [0.29, 0.717) is 24.4 Å². The zero-order chi connectivity index (χ0) is 20.6. The molecule has 7 heteroatoms. The van der Waals surface area contributed by atoms with E-state index in [-0.39, 0.29) is 17.5 Å². The van der Waals surface area contributed by atoms with Crippen LogP contribution in [0.25, 0.3) is 0 Å². The maximum absolute atomic E-state index is 12.6. The fourth-order valence-electron chi connectivity index (χ4n) is 3.14. The molecule has 2 atom stereocenters. The van der Waals surface area contributed by atoms with Gasteiger partial charge < -0.3 is 10.1 Å². The van der Waals surface area contributed by atoms with E-state index in [2.05, 4.69) is 16.2 Å². The molecular weight excluding hydrogens is 368 g/mol. The van der Waals surface area contributed by atoms with E-state index in [4.69, 9.17) is 4.74 Å². The average molecular weight is 390 g/mol. The SMILES string of the molecule is CCOC(=O)c1ccc(NC(=O)/C(C#N)=C\C2CNNC2c2ccccc2)cc1. The molecule has 2 aromatic rings. The molecule has 3 N–H and O–H groups in total. The van der Waals surface area contributed by atoms with Gasteiger partial charge in [-0.1, -0.05) is 36.4 Å². The highest BCUT2D eigenvalue weighted by atomic mass is 16.5. The number of carbonyl (C=O) groups excluding carboxylic acids is 2. The Morgan fingerprint density at radius 1 is 1.21 bits per heavy atom. The maximum Gasteiger partial charge on any atom is 0.338 e. The molecule has 0 saturated carbocycles. The lowest BCUT2D eigenvalue weighted by Crippen LogP contribution is -2.24. The smallest absolute Gasteiger partial charge is 0.338 e. The van der Waals surface area contributed by atoms with Gasteiger partial charge in [0.05, 0.1) is 18.2 Å². The molecule has 2 unspecified atom stereocenters. The van der Waals surface area contributed by atoms with Crippen molar-refractivity contribution in [1.82, 2.24) is 10.9 Å². The first-order valence-electron chi connectivity index (χ1n) is 9.36. The number of hydrogen-bond donors (Lipinski definition) is 3. The normalized spacial score (nSPS) is 18.7. The second-order valence-electron chi connectivity index (χ2n) is 6.52. The van der Waals surface area contributed by atoms with Crippen molar-refractivity contribution in [3.05, 3.63) is 77.4 Å². The molecule has 148 valence electrons. The van der Waals surface area contributed by atoms with Gasteiger partial charge >= 0.3 is 5.97 Å². The van der Waals surface area contributed by atoms with Crippen LogP contribution in [0.2, 0.25) is 0 Å². The Balaban J connectivity index is 1.70. The van der Waals surface area contributed by atoms with Crippen LogP contribution in [0, 0.1) is 17.2 Å². The van der Waals surface area contributed by atoms with Gasteiger partial charge in [-0.15, -0.1) is 0 Å². The standard InChI is InChI=1S/C22H22N4O3/c1-2-29-22(28)16-8-10-19(11-9-16)25-21(27)17(13-23)12-18-14-24-26-20(18)15-6-4-3-5-7-15/h3-12,18,20,24,26H,2,14H2,1H3,(H,25,27)/b17-12-. The van der Waals surface area contributed by atoms with E-state index in [1.165, 1.54) is 0 Å². The lowest BCUT2D eigenvalue weighted by atomic mass is 9.93. The third-order valence-corrected chi connectivity index (χ3v) is 4.58. The molecule has 0 bridgehead atoms. The van der Waals surface area contributed by atoms with Crippen LogP contribution in [0.5, 0.6) is 0 Å². The number of rotatable bonds is 6. The first-order chi connectivity index (χ1) is 14.1. The van der Waals surface area contributed by atoms with Crippen LogP contribution >= 0.6 is 0 Å². The van der Waals surface area contributed by atoms with Crippen LogP contribution in [0.3, 0.4) is 0 Å². The van der Waals surface area contributed by atoms with Crippen molar-refractivity contribution in [2.45, 2.75) is 13.0 Å². The van der Waals surface area contributed by atoms with Gasteiger partial charge in [0.1, 0.15) is 11.6 Å². The number of anilines is 1. The van der Waals surface area contributed by atoms with Gasteiger partial charge in [-0.2, -0.15) is 5.26 Å². The first kappa shape index (κ1) is 20.3. The van der Waals surface area contributed by atoms with E-state index in [1.807, 2.05) is 36.4 Å². The first-order valence-corrected chi connectivity index (χ1v) is 9.36. The zero-order valence-corrected chi connectivity index (χ0v) is 16.0. The minimum absolute atomic E-state index is 0.0313. The summed E-state index contributed by atoms with van der Waals surface area (Å²) in [6.45, 7) is 2.63. The van der Waals surface area contributed by atoms with Gasteiger partial charge in [0.15, 0.2) is 0 Å². The Hall–Kier alpha value is -3.47. The summed E-state index contributed by atoms with van der Waals surface area (Å²) in [7, 11) is 0. The van der Waals surface area contributed by atoms with Crippen molar-refractivity contribution >= 4 is 17.6 Å². The predicted octanol–water partition coefficient (Wildman–Crippen LogP) is 2.72. The number of esters is 1. The molecule has 3 rings (SSSR count). The molecule has 0 spiro atoms. The quantitative estimate of drug-likeness (QED) is 0.398. The Labute approximate surface area is 169 Å². The second kappa shape index (κ2) is 9.64. The molecule has 1 fully saturated rings. The summed E-state index contributed by atoms with van der Waals surface area (Å²) in [5.74, 6) is -0.963. The number of nitriles is 1. The molecule has 1 amide bonds. The van der Waals surface area contributed by atoms with Crippen LogP contribution in [0.4, 0.5) is 5.69 Å². The van der Waals surface area contributed by atoms with Crippen LogP contribution in [-0.4, -0.2) is 25.0 Å². The lowest BCUT2D eigenvalue weighted by Gasteiger charge is -2.16. The van der Waals surface area contributed by atoms with Gasteiger partial charge in [0.2, 0.25) is 0 Å². The van der Waals surface area contributed by atoms with Crippen LogP contribution < -0.4 is 16.2 Å². The summed E-state index contributed by atoms with van der Waals surface area (Å²) < 4.78 is 4.94. The number of hydrogen-bond acceptors (Lipinski definition) is 6. The Morgan fingerprint density at radius 2 is 1.93 bits per heavy atom. The number of ether oxygens (including phenoxy) is 1. The molecule has 29 heavy (non-hydrogen) atoms. The van der Waals surface area contributed by atoms with E-state index >= 15 is 0 Å². The third-order valence-electron chi connectivity index (χ3n) is 4.58. The molecule has 1 heterocycles. The summed E-state index contributed by atoms with van der Waals surface area (Å²) in [6.07, 6.45) is 1.69. The highest BCUT2D eigenvalue weighted by Crippen LogP contribution is 2.26. The van der Waals surface area contributed by atoms with Gasteiger partial charge in [-0.05, 0) is 36.8 Å². The van der Waals surface area contributed by atoms with Gasteiger partial charge in [-0.3, -0.25) is 10.2 Å². The molecule has 0 radical (unpaired) electrons. The van der Waals surface area contributed by atoms with Crippen molar-refractivity contribution in [3.8, 4) is 6.07 Å². The Bertz CT molecular complexity index is 933. The van der Waals surface area contributed by atoms with Crippen molar-refractivity contribution < 1.29 is 14.3 Å². The summed E-state index contributed by atoms with van der Waals surface area (Å²) in [6, 6.07) is 18.1. The lowest BCUT2D eigenvalue weighted by molar-refractivity contribution is -0.112. The predicted molar refractivity (Wildman–Crippen MR) is 109 cm³/mol. The maximum atomic E-state index is 12.6. The topological polar surface area (TPSA) is 103 Å². The summed E-state index contributed by atoms with van der Waals surface area (Å²) in [5, 5.41) is 12.2. The van der Waals surface area contributed by atoms with Crippen molar-refractivity contribution in [1.29, 1.82) is 5.26 Å². The van der Waals surface area contributed by atoms with Crippen LogP contribution in [0.1, 0.15) is 28.9 Å². The highest BCUT2D eigenvalue weighted by Gasteiger charge is 2.27. The fraction of sp³-hybridized carbons (Fsp3) is 0.227. The molecule has 7 nitrogen and oxygen atoms in total. The Morgan fingerprint density at radius 3 is 2.59 bits per heavy atom. The van der Waals surface area contributed by atoms with Crippen molar-refractivity contribution in [2.75, 3.05) is 18.5 Å². The molecule has 1 aliphatic heterocycles. The zero-order valence-electron chi connectivity index (χ0n) is 16.0. The van der Waals surface area contributed by atoms with Crippen molar-refractivity contribution in [3.63, 3.8) is 0 Å². The van der Waals surface area contributed by atoms with Crippen LogP contribution in [0.15, 0.2) is 66.2 Å². The second-order valence-corrected chi connectivity index (χ2v) is 6.52. The fourth-order valence-corrected chi connectivity index (χ4v) is 3.14. The van der Waals surface area contributed by atoms with Gasteiger partial charge in [-0.25, -0.2) is 10.2 Å². The number of nitrogens with one attached hydrogen (secondary N) is 3. The van der Waals surface area contributed by atoms with Gasteiger partial charge in [0, 0.05) is 18.2 Å². The molecule has 1 saturated heterocycles. The van der Waals surface area contributed by atoms with E-state index in [0.717, 1.165) is 5.56 Å². The monoisotopic (exact) mass is 390 g/mol. The average Bonchev–Trinajstić information content (AvgIpc) is 3.21. The Kier molecular flexibility index (Phi) is 6.74. The number of amides is 1. The summed E-state index contributed by atoms with van der Waals surface area (Å²) >= 11 is 0. The summed E-state index contributed by atoms with van der Waals surface area (Å²) in [5.41, 5.74) is 8.28. The number of benzene rings is 2. The number of hydrazine groups is 1. The van der Waals surface area contributed by atoms with E-state index in [9.17, 15) is 14.9 Å². The number of carbonyl (C=O) groups is 2. The molecular formula is C22H22N4O3. The van der Waals surface area contributed by atoms with E-state index < -0.39 is 11.9 Å². The third kappa shape index (κ3) is 5.08. The molecule has 0 aromatic heterocycles. The summed E-state index contributed by atoms with van der Waals surface area (Å²) in [4.78, 5) is 24.3. The highest BCUT2D eigenvalue weighted by molar-refractivity contribution is 6.06. The largest absolute Gasteiger partial charge is 0.462 e. The minimum atomic E-state index is -0.491. The van der Waals surface area contributed by atoms with Crippen LogP contribution in [-0.2, 0) is 9.53 Å². The van der Waals surface area contributed by atoms with Gasteiger partial charge in [0.25, 0.3) is 5.91 Å². The minimum Gasteiger partial charge on any atom is -0.462 e. The van der Waals surface area contributed by atoms with E-state index in [1.54, 1.807) is 37.3 Å². The molecule has 2 aromatic carbocycles.